The third kappa shape index (κ3) is 1.93. The first-order valence-electron chi connectivity index (χ1n) is 6.26. The second kappa shape index (κ2) is 4.75. The molecule has 1 aliphatic heterocycles. The Hall–Kier alpha value is -1.32. The van der Waals surface area contributed by atoms with Gasteiger partial charge in [-0.05, 0) is 37.6 Å². The second-order valence-corrected chi connectivity index (χ2v) is 5.17. The molecule has 4 heteroatoms. The first-order chi connectivity index (χ1) is 8.77. The van der Waals surface area contributed by atoms with Crippen molar-refractivity contribution < 1.29 is 0 Å². The van der Waals surface area contributed by atoms with E-state index in [1.54, 1.807) is 0 Å². The number of benzene rings is 1. The molecule has 3 rings (SSSR count). The number of rotatable bonds is 2. The summed E-state index contributed by atoms with van der Waals surface area (Å²) in [5, 5.41) is 4.20. The van der Waals surface area contributed by atoms with Crippen molar-refractivity contribution in [1.29, 1.82) is 0 Å². The van der Waals surface area contributed by atoms with Crippen LogP contribution in [0.2, 0.25) is 5.02 Å². The monoisotopic (exact) mass is 261 g/mol. The van der Waals surface area contributed by atoms with Crippen LogP contribution in [0.4, 0.5) is 0 Å². The van der Waals surface area contributed by atoms with Crippen LogP contribution in [-0.4, -0.2) is 22.6 Å². The molecule has 1 unspecified atom stereocenters. The molecule has 0 radical (unpaired) electrons. The van der Waals surface area contributed by atoms with E-state index in [1.807, 2.05) is 31.6 Å². The van der Waals surface area contributed by atoms with Crippen LogP contribution in [0.1, 0.15) is 23.6 Å². The Morgan fingerprint density at radius 1 is 1.44 bits per heavy atom. The third-order valence-corrected chi connectivity index (χ3v) is 4.05. The zero-order chi connectivity index (χ0) is 12.5. The first-order valence-corrected chi connectivity index (χ1v) is 6.63. The van der Waals surface area contributed by atoms with E-state index >= 15 is 0 Å². The number of imidazole rings is 1. The Kier molecular flexibility index (Phi) is 3.10. The fourth-order valence-electron chi connectivity index (χ4n) is 2.57. The zero-order valence-electron chi connectivity index (χ0n) is 10.4. The highest BCUT2D eigenvalue weighted by Gasteiger charge is 2.21. The smallest absolute Gasteiger partial charge is 0.0994 e. The maximum Gasteiger partial charge on any atom is 0.0994 e. The molecule has 2 aromatic rings. The molecule has 0 amide bonds. The van der Waals surface area contributed by atoms with E-state index in [4.69, 9.17) is 11.6 Å². The van der Waals surface area contributed by atoms with Crippen molar-refractivity contribution in [3.05, 3.63) is 47.0 Å². The van der Waals surface area contributed by atoms with E-state index in [0.717, 1.165) is 29.4 Å². The molecule has 1 N–H and O–H groups in total. The number of nitrogens with zero attached hydrogens (tertiary/aromatic N) is 2. The van der Waals surface area contributed by atoms with Crippen molar-refractivity contribution >= 4 is 11.6 Å². The summed E-state index contributed by atoms with van der Waals surface area (Å²) in [5.74, 6) is 0.547. The van der Waals surface area contributed by atoms with E-state index in [9.17, 15) is 0 Å². The zero-order valence-corrected chi connectivity index (χ0v) is 11.1. The minimum Gasteiger partial charge on any atom is -0.316 e. The Morgan fingerprint density at radius 2 is 2.33 bits per heavy atom. The maximum absolute atomic E-state index is 6.20. The minimum absolute atomic E-state index is 0.547. The van der Waals surface area contributed by atoms with Crippen LogP contribution in [0.3, 0.4) is 0 Å². The largest absolute Gasteiger partial charge is 0.316 e. The number of nitrogens with one attached hydrogen (secondary N) is 1. The van der Waals surface area contributed by atoms with Crippen LogP contribution in [0.25, 0.3) is 5.69 Å². The van der Waals surface area contributed by atoms with Crippen LogP contribution < -0.4 is 5.32 Å². The summed E-state index contributed by atoms with van der Waals surface area (Å²) in [6.45, 7) is 4.17. The Morgan fingerprint density at radius 3 is 3.11 bits per heavy atom. The third-order valence-electron chi connectivity index (χ3n) is 3.64. The van der Waals surface area contributed by atoms with Crippen LogP contribution in [0, 0.1) is 6.92 Å². The van der Waals surface area contributed by atoms with Crippen molar-refractivity contribution in [3.8, 4) is 5.69 Å². The van der Waals surface area contributed by atoms with Gasteiger partial charge in [-0.25, -0.2) is 4.98 Å². The lowest BCUT2D eigenvalue weighted by molar-refractivity contribution is 0.713. The standard InChI is InChI=1S/C14H16ClN3/c1-10-12(15)3-2-4-13(10)18-9-17-8-14(18)11-5-6-16-7-11/h2-4,8-9,11,16H,5-7H2,1H3. The molecule has 18 heavy (non-hydrogen) atoms. The van der Waals surface area contributed by atoms with Gasteiger partial charge in [-0.3, -0.25) is 0 Å². The molecule has 94 valence electrons. The van der Waals surface area contributed by atoms with Gasteiger partial charge < -0.3 is 9.88 Å². The molecule has 0 bridgehead atoms. The fraction of sp³-hybridized carbons (Fsp3) is 0.357. The molecule has 2 heterocycles. The molecule has 0 saturated carbocycles. The van der Waals surface area contributed by atoms with Gasteiger partial charge in [0.1, 0.15) is 0 Å². The van der Waals surface area contributed by atoms with Gasteiger partial charge in [-0.15, -0.1) is 0 Å². The average Bonchev–Trinajstić information content (AvgIpc) is 3.01. The summed E-state index contributed by atoms with van der Waals surface area (Å²) in [7, 11) is 0. The molecule has 0 aliphatic carbocycles. The van der Waals surface area contributed by atoms with Crippen LogP contribution >= 0.6 is 11.6 Å². The molecule has 1 aromatic carbocycles. The summed E-state index contributed by atoms with van der Waals surface area (Å²) >= 11 is 6.20. The minimum atomic E-state index is 0.547. The van der Waals surface area contributed by atoms with Crippen molar-refractivity contribution in [1.82, 2.24) is 14.9 Å². The highest BCUT2D eigenvalue weighted by atomic mass is 35.5. The lowest BCUT2D eigenvalue weighted by Crippen LogP contribution is -2.11. The van der Waals surface area contributed by atoms with Gasteiger partial charge in [0.25, 0.3) is 0 Å². The molecule has 0 spiro atoms. The summed E-state index contributed by atoms with van der Waals surface area (Å²) in [6, 6.07) is 6.00. The van der Waals surface area contributed by atoms with E-state index < -0.39 is 0 Å². The van der Waals surface area contributed by atoms with E-state index in [0.29, 0.717) is 5.92 Å². The van der Waals surface area contributed by atoms with Gasteiger partial charge in [0.05, 0.1) is 12.0 Å². The summed E-state index contributed by atoms with van der Waals surface area (Å²) in [6.07, 6.45) is 5.02. The first kappa shape index (κ1) is 11.8. The molecule has 3 nitrogen and oxygen atoms in total. The fourth-order valence-corrected chi connectivity index (χ4v) is 2.74. The number of aromatic nitrogens is 2. The predicted molar refractivity (Wildman–Crippen MR) is 73.5 cm³/mol. The molecular formula is C14H16ClN3. The summed E-state index contributed by atoms with van der Waals surface area (Å²) in [4.78, 5) is 4.31. The van der Waals surface area contributed by atoms with Crippen LogP contribution in [0.5, 0.6) is 0 Å². The van der Waals surface area contributed by atoms with Crippen molar-refractivity contribution in [2.75, 3.05) is 13.1 Å². The highest BCUT2D eigenvalue weighted by molar-refractivity contribution is 6.31. The Balaban J connectivity index is 2.06. The van der Waals surface area contributed by atoms with E-state index in [1.165, 1.54) is 12.1 Å². The van der Waals surface area contributed by atoms with Crippen molar-refractivity contribution in [2.24, 2.45) is 0 Å². The van der Waals surface area contributed by atoms with Gasteiger partial charge in [0.15, 0.2) is 0 Å². The highest BCUT2D eigenvalue weighted by Crippen LogP contribution is 2.28. The SMILES string of the molecule is Cc1c(Cl)cccc1-n1cncc1C1CCNC1. The van der Waals surface area contributed by atoms with Crippen molar-refractivity contribution in [2.45, 2.75) is 19.3 Å². The molecule has 1 atom stereocenters. The quantitative estimate of drug-likeness (QED) is 0.901. The molecule has 1 fully saturated rings. The average molecular weight is 262 g/mol. The molecule has 1 aliphatic rings. The van der Waals surface area contributed by atoms with Gasteiger partial charge in [0, 0.05) is 29.4 Å². The van der Waals surface area contributed by atoms with Crippen LogP contribution in [0.15, 0.2) is 30.7 Å². The normalized spacial score (nSPS) is 19.3. The summed E-state index contributed by atoms with van der Waals surface area (Å²) in [5.41, 5.74) is 3.50. The molecular weight excluding hydrogens is 246 g/mol. The van der Waals surface area contributed by atoms with Gasteiger partial charge in [0.2, 0.25) is 0 Å². The van der Waals surface area contributed by atoms with Gasteiger partial charge >= 0.3 is 0 Å². The maximum atomic E-state index is 6.20. The molecule has 1 aromatic heterocycles. The lowest BCUT2D eigenvalue weighted by Gasteiger charge is -2.15. The van der Waals surface area contributed by atoms with Gasteiger partial charge in [-0.2, -0.15) is 0 Å². The van der Waals surface area contributed by atoms with Crippen molar-refractivity contribution in [3.63, 3.8) is 0 Å². The van der Waals surface area contributed by atoms with E-state index in [2.05, 4.69) is 20.9 Å². The Labute approximate surface area is 112 Å². The van der Waals surface area contributed by atoms with Gasteiger partial charge in [-0.1, -0.05) is 17.7 Å². The molecule has 1 saturated heterocycles. The Bertz CT molecular complexity index is 556. The van der Waals surface area contributed by atoms with E-state index in [-0.39, 0.29) is 0 Å². The predicted octanol–water partition coefficient (Wildman–Crippen LogP) is 2.91. The summed E-state index contributed by atoms with van der Waals surface area (Å²) < 4.78 is 2.17. The lowest BCUT2D eigenvalue weighted by atomic mass is 10.0. The number of hydrogen-bond acceptors (Lipinski definition) is 2. The topological polar surface area (TPSA) is 29.9 Å². The number of halogens is 1. The number of hydrogen-bond donors (Lipinski definition) is 1. The van der Waals surface area contributed by atoms with Crippen LogP contribution in [-0.2, 0) is 0 Å². The second-order valence-electron chi connectivity index (χ2n) is 4.76.